The van der Waals surface area contributed by atoms with Gasteiger partial charge in [-0.25, -0.2) is 0 Å². The standard InChI is InChI=1S/C15H23NO/c1-11-4-7-14(17-10-12-5-6-12)13(8-11)9-15(2,3)16/h4,7-8,12H,5-6,9-10,16H2,1-3H3. The highest BCUT2D eigenvalue weighted by Gasteiger charge is 2.23. The molecule has 0 spiro atoms. The van der Waals surface area contributed by atoms with E-state index in [9.17, 15) is 0 Å². The van der Waals surface area contributed by atoms with Gasteiger partial charge in [-0.15, -0.1) is 0 Å². The SMILES string of the molecule is Cc1ccc(OCC2CC2)c(CC(C)(C)N)c1. The number of ether oxygens (including phenoxy) is 1. The largest absolute Gasteiger partial charge is 0.493 e. The Morgan fingerprint density at radius 3 is 2.65 bits per heavy atom. The number of rotatable bonds is 5. The lowest BCUT2D eigenvalue weighted by molar-refractivity contribution is 0.295. The average molecular weight is 233 g/mol. The molecule has 1 saturated carbocycles. The molecule has 2 rings (SSSR count). The minimum atomic E-state index is -0.189. The lowest BCUT2D eigenvalue weighted by atomic mass is 9.94. The van der Waals surface area contributed by atoms with E-state index in [1.807, 2.05) is 0 Å². The third-order valence-electron chi connectivity index (χ3n) is 3.03. The van der Waals surface area contributed by atoms with Crippen molar-refractivity contribution in [1.29, 1.82) is 0 Å². The van der Waals surface area contributed by atoms with Crippen LogP contribution in [0, 0.1) is 12.8 Å². The third kappa shape index (κ3) is 4.04. The molecule has 1 aromatic rings. The van der Waals surface area contributed by atoms with E-state index < -0.39 is 0 Å². The van der Waals surface area contributed by atoms with Crippen LogP contribution in [0.4, 0.5) is 0 Å². The van der Waals surface area contributed by atoms with Gasteiger partial charge in [-0.3, -0.25) is 0 Å². The molecule has 1 aliphatic carbocycles. The van der Waals surface area contributed by atoms with Crippen LogP contribution >= 0.6 is 0 Å². The smallest absolute Gasteiger partial charge is 0.122 e. The first-order chi connectivity index (χ1) is 7.94. The first-order valence-electron chi connectivity index (χ1n) is 6.45. The van der Waals surface area contributed by atoms with Crippen molar-refractivity contribution in [2.24, 2.45) is 11.7 Å². The summed E-state index contributed by atoms with van der Waals surface area (Å²) in [5, 5.41) is 0. The van der Waals surface area contributed by atoms with Crippen LogP contribution in [0.15, 0.2) is 18.2 Å². The van der Waals surface area contributed by atoms with Crippen molar-refractivity contribution in [1.82, 2.24) is 0 Å². The molecule has 0 saturated heterocycles. The molecule has 0 heterocycles. The van der Waals surface area contributed by atoms with E-state index in [0.717, 1.165) is 24.7 Å². The second-order valence-corrected chi connectivity index (χ2v) is 6.03. The summed E-state index contributed by atoms with van der Waals surface area (Å²) in [7, 11) is 0. The maximum Gasteiger partial charge on any atom is 0.122 e. The Morgan fingerprint density at radius 1 is 1.35 bits per heavy atom. The van der Waals surface area contributed by atoms with Crippen LogP contribution in [-0.2, 0) is 6.42 Å². The van der Waals surface area contributed by atoms with Crippen molar-refractivity contribution in [3.8, 4) is 5.75 Å². The van der Waals surface area contributed by atoms with E-state index in [1.54, 1.807) is 0 Å². The van der Waals surface area contributed by atoms with Crippen LogP contribution in [0.1, 0.15) is 37.8 Å². The van der Waals surface area contributed by atoms with Gasteiger partial charge in [0.05, 0.1) is 6.61 Å². The molecule has 0 bridgehead atoms. The van der Waals surface area contributed by atoms with Crippen molar-refractivity contribution in [3.63, 3.8) is 0 Å². The van der Waals surface area contributed by atoms with Gasteiger partial charge in [0.2, 0.25) is 0 Å². The van der Waals surface area contributed by atoms with Gasteiger partial charge in [0, 0.05) is 5.54 Å². The topological polar surface area (TPSA) is 35.2 Å². The monoisotopic (exact) mass is 233 g/mol. The lowest BCUT2D eigenvalue weighted by Gasteiger charge is -2.21. The summed E-state index contributed by atoms with van der Waals surface area (Å²) in [5.41, 5.74) is 8.41. The van der Waals surface area contributed by atoms with E-state index in [0.29, 0.717) is 0 Å². The van der Waals surface area contributed by atoms with Gasteiger partial charge < -0.3 is 10.5 Å². The molecule has 0 amide bonds. The molecule has 2 heteroatoms. The Balaban J connectivity index is 2.11. The number of hydrogen-bond donors (Lipinski definition) is 1. The van der Waals surface area contributed by atoms with E-state index in [1.165, 1.54) is 24.0 Å². The fourth-order valence-corrected chi connectivity index (χ4v) is 1.97. The molecule has 0 atom stereocenters. The Labute approximate surface area is 104 Å². The van der Waals surface area contributed by atoms with Gasteiger partial charge >= 0.3 is 0 Å². The third-order valence-corrected chi connectivity index (χ3v) is 3.03. The van der Waals surface area contributed by atoms with Crippen LogP contribution in [-0.4, -0.2) is 12.1 Å². The van der Waals surface area contributed by atoms with E-state index >= 15 is 0 Å². The molecule has 17 heavy (non-hydrogen) atoms. The first kappa shape index (κ1) is 12.4. The van der Waals surface area contributed by atoms with Gasteiger partial charge in [0.25, 0.3) is 0 Å². The van der Waals surface area contributed by atoms with Crippen molar-refractivity contribution >= 4 is 0 Å². The zero-order valence-electron chi connectivity index (χ0n) is 11.1. The molecular formula is C15H23NO. The molecule has 2 N–H and O–H groups in total. The fraction of sp³-hybridized carbons (Fsp3) is 0.600. The molecule has 1 fully saturated rings. The summed E-state index contributed by atoms with van der Waals surface area (Å²) in [6.45, 7) is 7.08. The lowest BCUT2D eigenvalue weighted by Crippen LogP contribution is -2.34. The zero-order valence-corrected chi connectivity index (χ0v) is 11.1. The minimum absolute atomic E-state index is 0.189. The fourth-order valence-electron chi connectivity index (χ4n) is 1.97. The molecule has 2 nitrogen and oxygen atoms in total. The Morgan fingerprint density at radius 2 is 2.06 bits per heavy atom. The quantitative estimate of drug-likeness (QED) is 0.848. The normalized spacial score (nSPS) is 16.0. The maximum absolute atomic E-state index is 6.10. The number of nitrogens with two attached hydrogens (primary N) is 1. The second kappa shape index (κ2) is 4.69. The van der Waals surface area contributed by atoms with Crippen LogP contribution in [0.25, 0.3) is 0 Å². The summed E-state index contributed by atoms with van der Waals surface area (Å²) >= 11 is 0. The summed E-state index contributed by atoms with van der Waals surface area (Å²) in [5.74, 6) is 1.80. The summed E-state index contributed by atoms with van der Waals surface area (Å²) in [4.78, 5) is 0. The molecule has 0 aromatic heterocycles. The van der Waals surface area contributed by atoms with Crippen molar-refractivity contribution in [3.05, 3.63) is 29.3 Å². The minimum Gasteiger partial charge on any atom is -0.493 e. The summed E-state index contributed by atoms with van der Waals surface area (Å²) < 4.78 is 5.91. The molecular weight excluding hydrogens is 210 g/mol. The Bertz CT molecular complexity index is 388. The van der Waals surface area contributed by atoms with E-state index in [4.69, 9.17) is 10.5 Å². The van der Waals surface area contributed by atoms with Gasteiger partial charge in [-0.2, -0.15) is 0 Å². The zero-order chi connectivity index (χ0) is 12.5. The molecule has 0 radical (unpaired) electrons. The van der Waals surface area contributed by atoms with Gasteiger partial charge in [0.15, 0.2) is 0 Å². The summed E-state index contributed by atoms with van der Waals surface area (Å²) in [6.07, 6.45) is 3.50. The van der Waals surface area contributed by atoms with Gasteiger partial charge in [-0.1, -0.05) is 17.7 Å². The first-order valence-corrected chi connectivity index (χ1v) is 6.45. The van der Waals surface area contributed by atoms with E-state index in [2.05, 4.69) is 39.0 Å². The second-order valence-electron chi connectivity index (χ2n) is 6.03. The highest BCUT2D eigenvalue weighted by Crippen LogP contribution is 2.31. The van der Waals surface area contributed by atoms with Crippen molar-refractivity contribution in [2.45, 2.75) is 45.6 Å². The highest BCUT2D eigenvalue weighted by atomic mass is 16.5. The maximum atomic E-state index is 6.10. The van der Waals surface area contributed by atoms with Crippen molar-refractivity contribution < 1.29 is 4.74 Å². The molecule has 1 aliphatic rings. The molecule has 0 aliphatic heterocycles. The van der Waals surface area contributed by atoms with Crippen molar-refractivity contribution in [2.75, 3.05) is 6.61 Å². The van der Waals surface area contributed by atoms with Gasteiger partial charge in [0.1, 0.15) is 5.75 Å². The van der Waals surface area contributed by atoms with Crippen LogP contribution in [0.3, 0.4) is 0 Å². The number of aryl methyl sites for hydroxylation is 1. The Kier molecular flexibility index (Phi) is 3.43. The Hall–Kier alpha value is -1.02. The van der Waals surface area contributed by atoms with Crippen LogP contribution in [0.2, 0.25) is 0 Å². The average Bonchev–Trinajstić information content (AvgIpc) is 2.97. The predicted molar refractivity (Wildman–Crippen MR) is 71.4 cm³/mol. The molecule has 0 unspecified atom stereocenters. The van der Waals surface area contributed by atoms with Crippen LogP contribution in [0.5, 0.6) is 5.75 Å². The number of hydrogen-bond acceptors (Lipinski definition) is 2. The molecule has 94 valence electrons. The van der Waals surface area contributed by atoms with Gasteiger partial charge in [-0.05, 0) is 57.6 Å². The molecule has 1 aromatic carbocycles. The van der Waals surface area contributed by atoms with Crippen LogP contribution < -0.4 is 10.5 Å². The number of benzene rings is 1. The summed E-state index contributed by atoms with van der Waals surface area (Å²) in [6, 6.07) is 6.38. The van der Waals surface area contributed by atoms with E-state index in [-0.39, 0.29) is 5.54 Å². The highest BCUT2D eigenvalue weighted by molar-refractivity contribution is 5.38. The predicted octanol–water partition coefficient (Wildman–Crippen LogP) is 3.06.